The number of likely N-dealkylation sites (tertiary alicyclic amines) is 1. The Hall–Kier alpha value is -2.31. The van der Waals surface area contributed by atoms with E-state index in [4.69, 9.17) is 9.15 Å². The van der Waals surface area contributed by atoms with E-state index >= 15 is 0 Å². The predicted octanol–water partition coefficient (Wildman–Crippen LogP) is 4.66. The van der Waals surface area contributed by atoms with Crippen molar-refractivity contribution >= 4 is 17.3 Å². The molecule has 3 fully saturated rings. The van der Waals surface area contributed by atoms with Crippen LogP contribution in [0.2, 0.25) is 0 Å². The second kappa shape index (κ2) is 8.91. The smallest absolute Gasteiger partial charge is 0.291 e. The highest BCUT2D eigenvalue weighted by atomic mass is 16.5. The lowest BCUT2D eigenvalue weighted by Gasteiger charge is -2.41. The van der Waals surface area contributed by atoms with Crippen LogP contribution in [0, 0.1) is 12.3 Å². The van der Waals surface area contributed by atoms with Gasteiger partial charge in [0.1, 0.15) is 5.76 Å². The fourth-order valence-electron chi connectivity index (χ4n) is 5.67. The van der Waals surface area contributed by atoms with E-state index in [1.807, 2.05) is 6.07 Å². The number of rotatable bonds is 4. The Morgan fingerprint density at radius 1 is 1.06 bits per heavy atom. The van der Waals surface area contributed by atoms with Crippen molar-refractivity contribution in [2.24, 2.45) is 5.41 Å². The molecule has 1 N–H and O–H groups in total. The van der Waals surface area contributed by atoms with Crippen molar-refractivity contribution in [3.63, 3.8) is 0 Å². The molecular formula is C26H35N3O3. The second-order valence-corrected chi connectivity index (χ2v) is 10.0. The quantitative estimate of drug-likeness (QED) is 0.754. The highest BCUT2D eigenvalue weighted by molar-refractivity contribution is 6.04. The third-order valence-corrected chi connectivity index (χ3v) is 7.67. The molecule has 1 amide bonds. The van der Waals surface area contributed by atoms with Gasteiger partial charge in [0.2, 0.25) is 0 Å². The SMILES string of the molecule is Cc1ccc(N2CCC3(CCN(C)C3)CC2)c(NC(=O)c2ccc(C3CCOCC3)o2)c1. The number of anilines is 2. The number of aryl methyl sites for hydroxylation is 1. The van der Waals surface area contributed by atoms with Crippen molar-refractivity contribution in [2.75, 3.05) is 56.7 Å². The molecule has 1 aromatic carbocycles. The first-order valence-corrected chi connectivity index (χ1v) is 12.0. The van der Waals surface area contributed by atoms with E-state index in [1.54, 1.807) is 6.07 Å². The van der Waals surface area contributed by atoms with Crippen molar-refractivity contribution < 1.29 is 13.9 Å². The molecule has 5 rings (SSSR count). The lowest BCUT2D eigenvalue weighted by atomic mass is 9.77. The summed E-state index contributed by atoms with van der Waals surface area (Å²) in [4.78, 5) is 17.9. The number of furan rings is 1. The van der Waals surface area contributed by atoms with Crippen molar-refractivity contribution in [1.29, 1.82) is 0 Å². The first kappa shape index (κ1) is 21.5. The van der Waals surface area contributed by atoms with Gasteiger partial charge in [0.15, 0.2) is 5.76 Å². The molecular weight excluding hydrogens is 402 g/mol. The zero-order valence-electron chi connectivity index (χ0n) is 19.4. The summed E-state index contributed by atoms with van der Waals surface area (Å²) in [7, 11) is 2.23. The number of nitrogens with zero attached hydrogens (tertiary/aromatic N) is 2. The highest BCUT2D eigenvalue weighted by Gasteiger charge is 2.39. The second-order valence-electron chi connectivity index (χ2n) is 10.0. The molecule has 0 unspecified atom stereocenters. The van der Waals surface area contributed by atoms with Gasteiger partial charge < -0.3 is 24.3 Å². The molecule has 1 spiro atoms. The molecule has 4 heterocycles. The summed E-state index contributed by atoms with van der Waals surface area (Å²) in [5, 5.41) is 3.14. The molecule has 3 aliphatic rings. The van der Waals surface area contributed by atoms with Crippen LogP contribution < -0.4 is 10.2 Å². The number of carbonyl (C=O) groups is 1. The fraction of sp³-hybridized carbons (Fsp3) is 0.577. The van der Waals surface area contributed by atoms with Gasteiger partial charge in [-0.3, -0.25) is 4.79 Å². The average molecular weight is 438 g/mol. The topological polar surface area (TPSA) is 58.0 Å². The number of carbonyl (C=O) groups excluding carboxylic acids is 1. The van der Waals surface area contributed by atoms with Crippen LogP contribution in [0.3, 0.4) is 0 Å². The van der Waals surface area contributed by atoms with E-state index in [0.29, 0.717) is 17.1 Å². The monoisotopic (exact) mass is 437 g/mol. The van der Waals surface area contributed by atoms with Gasteiger partial charge in [-0.25, -0.2) is 0 Å². The Kier molecular flexibility index (Phi) is 5.99. The summed E-state index contributed by atoms with van der Waals surface area (Å²) in [6.07, 6.45) is 5.63. The molecule has 0 atom stereocenters. The molecule has 0 radical (unpaired) electrons. The molecule has 0 bridgehead atoms. The van der Waals surface area contributed by atoms with Crippen molar-refractivity contribution in [2.45, 2.75) is 44.9 Å². The summed E-state index contributed by atoms with van der Waals surface area (Å²) in [5.41, 5.74) is 3.60. The maximum absolute atomic E-state index is 13.0. The Balaban J connectivity index is 1.29. The van der Waals surface area contributed by atoms with Crippen LogP contribution >= 0.6 is 0 Å². The lowest BCUT2D eigenvalue weighted by Crippen LogP contribution is -2.41. The Labute approximate surface area is 190 Å². The molecule has 1 aromatic heterocycles. The van der Waals surface area contributed by atoms with Gasteiger partial charge in [0, 0.05) is 38.8 Å². The first-order chi connectivity index (χ1) is 15.5. The van der Waals surface area contributed by atoms with Crippen LogP contribution in [0.15, 0.2) is 34.7 Å². The Bertz CT molecular complexity index is 955. The van der Waals surface area contributed by atoms with Crippen LogP contribution in [0.25, 0.3) is 0 Å². The third kappa shape index (κ3) is 4.44. The van der Waals surface area contributed by atoms with Crippen molar-refractivity contribution in [3.05, 3.63) is 47.4 Å². The minimum atomic E-state index is -0.180. The molecule has 3 saturated heterocycles. The number of nitrogens with one attached hydrogen (secondary N) is 1. The van der Waals surface area contributed by atoms with Gasteiger partial charge in [-0.2, -0.15) is 0 Å². The number of benzene rings is 1. The molecule has 6 heteroatoms. The Morgan fingerprint density at radius 2 is 1.81 bits per heavy atom. The van der Waals surface area contributed by atoms with E-state index in [9.17, 15) is 4.79 Å². The molecule has 32 heavy (non-hydrogen) atoms. The van der Waals surface area contributed by atoms with Crippen LogP contribution in [0.4, 0.5) is 11.4 Å². The number of hydrogen-bond acceptors (Lipinski definition) is 5. The zero-order valence-corrected chi connectivity index (χ0v) is 19.4. The van der Waals surface area contributed by atoms with Gasteiger partial charge in [0.25, 0.3) is 5.91 Å². The summed E-state index contributed by atoms with van der Waals surface area (Å²) >= 11 is 0. The zero-order chi connectivity index (χ0) is 22.1. The van der Waals surface area contributed by atoms with Crippen LogP contribution in [0.1, 0.15) is 59.9 Å². The summed E-state index contributed by atoms with van der Waals surface area (Å²) in [6.45, 7) is 8.08. The van der Waals surface area contributed by atoms with Gasteiger partial charge in [0.05, 0.1) is 11.4 Å². The fourth-order valence-corrected chi connectivity index (χ4v) is 5.67. The molecule has 3 aliphatic heterocycles. The first-order valence-electron chi connectivity index (χ1n) is 12.0. The summed E-state index contributed by atoms with van der Waals surface area (Å²) < 4.78 is 11.4. The standard InChI is InChI=1S/C26H35N3O3/c1-19-3-4-22(29-13-10-26(11-14-29)9-12-28(2)18-26)21(17-19)27-25(30)24-6-5-23(32-24)20-7-15-31-16-8-20/h3-6,17,20H,7-16,18H2,1-2H3,(H,27,30). The minimum absolute atomic E-state index is 0.180. The van der Waals surface area contributed by atoms with Gasteiger partial charge in [-0.1, -0.05) is 6.07 Å². The summed E-state index contributed by atoms with van der Waals surface area (Å²) in [6, 6.07) is 10.1. The number of hydrogen-bond donors (Lipinski definition) is 1. The van der Waals surface area contributed by atoms with Crippen molar-refractivity contribution in [1.82, 2.24) is 4.90 Å². The van der Waals surface area contributed by atoms with Crippen molar-refractivity contribution in [3.8, 4) is 0 Å². The van der Waals surface area contributed by atoms with E-state index in [2.05, 4.69) is 47.3 Å². The molecule has 0 saturated carbocycles. The number of ether oxygens (including phenoxy) is 1. The van der Waals surface area contributed by atoms with E-state index in [1.165, 1.54) is 32.4 Å². The van der Waals surface area contributed by atoms with Gasteiger partial charge >= 0.3 is 0 Å². The maximum Gasteiger partial charge on any atom is 0.291 e. The van der Waals surface area contributed by atoms with E-state index in [0.717, 1.165) is 61.8 Å². The molecule has 172 valence electrons. The minimum Gasteiger partial charge on any atom is -0.456 e. The number of piperidine rings is 1. The van der Waals surface area contributed by atoms with E-state index < -0.39 is 0 Å². The van der Waals surface area contributed by atoms with Crippen LogP contribution in [-0.2, 0) is 4.74 Å². The van der Waals surface area contributed by atoms with Gasteiger partial charge in [-0.05, 0) is 87.9 Å². The normalized spacial score (nSPS) is 21.9. The largest absolute Gasteiger partial charge is 0.456 e. The van der Waals surface area contributed by atoms with Crippen LogP contribution in [-0.4, -0.2) is 57.2 Å². The summed E-state index contributed by atoms with van der Waals surface area (Å²) in [5.74, 6) is 1.44. The van der Waals surface area contributed by atoms with E-state index in [-0.39, 0.29) is 5.91 Å². The highest BCUT2D eigenvalue weighted by Crippen LogP contribution is 2.42. The van der Waals surface area contributed by atoms with Gasteiger partial charge in [-0.15, -0.1) is 0 Å². The Morgan fingerprint density at radius 3 is 2.53 bits per heavy atom. The third-order valence-electron chi connectivity index (χ3n) is 7.67. The average Bonchev–Trinajstić information content (AvgIpc) is 3.43. The predicted molar refractivity (Wildman–Crippen MR) is 127 cm³/mol. The van der Waals surface area contributed by atoms with Crippen LogP contribution in [0.5, 0.6) is 0 Å². The molecule has 6 nitrogen and oxygen atoms in total. The lowest BCUT2D eigenvalue weighted by molar-refractivity contribution is 0.0799. The molecule has 2 aromatic rings. The maximum atomic E-state index is 13.0. The number of amides is 1. The molecule has 0 aliphatic carbocycles.